The average molecular weight is 278 g/mol. The first-order chi connectivity index (χ1) is 8.66. The van der Waals surface area contributed by atoms with E-state index in [0.717, 1.165) is 22.0 Å². The first kappa shape index (κ1) is 11.6. The molecule has 1 heterocycles. The number of benzene rings is 2. The van der Waals surface area contributed by atoms with Gasteiger partial charge in [-0.3, -0.25) is 0 Å². The first-order valence-corrected chi connectivity index (χ1v) is 6.23. The Morgan fingerprint density at radius 2 is 1.94 bits per heavy atom. The lowest BCUT2D eigenvalue weighted by atomic mass is 10.1. The number of fused-ring (bicyclic) bond motifs is 1. The lowest BCUT2D eigenvalue weighted by Crippen LogP contribution is -1.79. The van der Waals surface area contributed by atoms with Crippen molar-refractivity contribution >= 4 is 34.1 Å². The molecule has 3 rings (SSSR count). The third-order valence-corrected chi connectivity index (χ3v) is 3.43. The summed E-state index contributed by atoms with van der Waals surface area (Å²) in [4.78, 5) is 0. The Morgan fingerprint density at radius 3 is 2.72 bits per heavy atom. The lowest BCUT2D eigenvalue weighted by molar-refractivity contribution is 0.440. The van der Waals surface area contributed by atoms with Gasteiger partial charge in [0.15, 0.2) is 5.76 Å². The number of hydrogen-bond acceptors (Lipinski definition) is 2. The molecule has 90 valence electrons. The van der Waals surface area contributed by atoms with Gasteiger partial charge in [-0.15, -0.1) is 0 Å². The molecule has 0 atom stereocenters. The van der Waals surface area contributed by atoms with E-state index in [4.69, 9.17) is 27.7 Å². The van der Waals surface area contributed by atoms with E-state index >= 15 is 0 Å². The van der Waals surface area contributed by atoms with E-state index in [9.17, 15) is 0 Å². The van der Waals surface area contributed by atoms with Gasteiger partial charge in [0.25, 0.3) is 0 Å². The molecule has 2 nitrogen and oxygen atoms in total. The van der Waals surface area contributed by atoms with Crippen molar-refractivity contribution in [2.24, 2.45) is 0 Å². The molecule has 1 aromatic heterocycles. The summed E-state index contributed by atoms with van der Waals surface area (Å²) in [5.41, 5.74) is 2.74. The number of hydrogen-bond donors (Lipinski definition) is 0. The van der Waals surface area contributed by atoms with Gasteiger partial charge in [0, 0.05) is 10.6 Å². The molecule has 0 bridgehead atoms. The van der Waals surface area contributed by atoms with Gasteiger partial charge in [-0.1, -0.05) is 40.5 Å². The third-order valence-electron chi connectivity index (χ3n) is 2.89. The molecule has 0 aliphatic heterocycles. The monoisotopic (exact) mass is 277 g/mol. The summed E-state index contributed by atoms with van der Waals surface area (Å²) in [6.07, 6.45) is 0. The zero-order valence-corrected chi connectivity index (χ0v) is 11.1. The highest BCUT2D eigenvalue weighted by Gasteiger charge is 2.14. The third kappa shape index (κ3) is 1.78. The molecule has 0 saturated carbocycles. The maximum atomic E-state index is 6.19. The van der Waals surface area contributed by atoms with E-state index in [1.54, 1.807) is 12.1 Å². The topological polar surface area (TPSA) is 26.0 Å². The minimum atomic E-state index is 0.557. The molecule has 0 N–H and O–H groups in total. The summed E-state index contributed by atoms with van der Waals surface area (Å²) in [7, 11) is 0. The van der Waals surface area contributed by atoms with Gasteiger partial charge in [0.1, 0.15) is 5.52 Å². The van der Waals surface area contributed by atoms with Gasteiger partial charge in [-0.05, 0) is 36.8 Å². The Balaban J connectivity index is 2.29. The molecule has 2 aromatic carbocycles. The van der Waals surface area contributed by atoms with Crippen LogP contribution in [0.5, 0.6) is 0 Å². The van der Waals surface area contributed by atoms with Crippen LogP contribution in [0.25, 0.3) is 22.2 Å². The maximum Gasteiger partial charge on any atom is 0.176 e. The Labute approximate surface area is 114 Å². The van der Waals surface area contributed by atoms with E-state index in [1.165, 1.54) is 0 Å². The van der Waals surface area contributed by atoms with Crippen molar-refractivity contribution in [1.29, 1.82) is 0 Å². The fraction of sp³-hybridized carbons (Fsp3) is 0.0714. The fourth-order valence-electron chi connectivity index (χ4n) is 1.97. The smallest absolute Gasteiger partial charge is 0.176 e. The van der Waals surface area contributed by atoms with Crippen LogP contribution in [0.1, 0.15) is 5.56 Å². The summed E-state index contributed by atoms with van der Waals surface area (Å²) >= 11 is 12.1. The van der Waals surface area contributed by atoms with Crippen LogP contribution in [-0.4, -0.2) is 5.16 Å². The minimum absolute atomic E-state index is 0.557. The van der Waals surface area contributed by atoms with Crippen molar-refractivity contribution in [3.63, 3.8) is 0 Å². The van der Waals surface area contributed by atoms with Crippen LogP contribution in [0.3, 0.4) is 0 Å². The number of nitrogens with zero attached hydrogens (tertiary/aromatic N) is 1. The van der Waals surface area contributed by atoms with Gasteiger partial charge in [-0.2, -0.15) is 0 Å². The predicted octanol–water partition coefficient (Wildman–Crippen LogP) is 5.11. The van der Waals surface area contributed by atoms with E-state index < -0.39 is 0 Å². The quantitative estimate of drug-likeness (QED) is 0.618. The number of aromatic nitrogens is 1. The molecule has 0 amide bonds. The summed E-state index contributed by atoms with van der Waals surface area (Å²) in [6.45, 7) is 2.00. The average Bonchev–Trinajstić information content (AvgIpc) is 2.74. The van der Waals surface area contributed by atoms with Crippen molar-refractivity contribution in [2.45, 2.75) is 6.92 Å². The molecule has 18 heavy (non-hydrogen) atoms. The molecule has 0 radical (unpaired) electrons. The van der Waals surface area contributed by atoms with Crippen molar-refractivity contribution in [3.8, 4) is 11.3 Å². The van der Waals surface area contributed by atoms with Gasteiger partial charge in [0.05, 0.1) is 10.4 Å². The van der Waals surface area contributed by atoms with E-state index in [2.05, 4.69) is 5.16 Å². The molecule has 0 unspecified atom stereocenters. The number of halogens is 2. The highest BCUT2D eigenvalue weighted by Crippen LogP contribution is 2.35. The van der Waals surface area contributed by atoms with E-state index in [-0.39, 0.29) is 0 Å². The molecule has 0 spiro atoms. The normalized spacial score (nSPS) is 11.1. The summed E-state index contributed by atoms with van der Waals surface area (Å²) in [5.74, 6) is 0.676. The SMILES string of the molecule is Cc1cccc2c(-c3ccc(Cl)cc3Cl)onc12. The Bertz CT molecular complexity index is 734. The van der Waals surface area contributed by atoms with Crippen LogP contribution in [-0.2, 0) is 0 Å². The van der Waals surface area contributed by atoms with Gasteiger partial charge < -0.3 is 4.52 Å². The van der Waals surface area contributed by atoms with Gasteiger partial charge in [-0.25, -0.2) is 0 Å². The summed E-state index contributed by atoms with van der Waals surface area (Å²) in [5, 5.41) is 6.21. The van der Waals surface area contributed by atoms with Gasteiger partial charge in [0.2, 0.25) is 0 Å². The zero-order chi connectivity index (χ0) is 12.7. The molecule has 4 heteroatoms. The summed E-state index contributed by atoms with van der Waals surface area (Å²) < 4.78 is 5.43. The van der Waals surface area contributed by atoms with Crippen LogP contribution >= 0.6 is 23.2 Å². The Morgan fingerprint density at radius 1 is 1.11 bits per heavy atom. The van der Waals surface area contributed by atoms with Gasteiger partial charge >= 0.3 is 0 Å². The minimum Gasteiger partial charge on any atom is -0.355 e. The van der Waals surface area contributed by atoms with Crippen LogP contribution in [0, 0.1) is 6.92 Å². The van der Waals surface area contributed by atoms with Crippen LogP contribution in [0.15, 0.2) is 40.9 Å². The molecular weight excluding hydrogens is 269 g/mol. The second kappa shape index (κ2) is 4.30. The first-order valence-electron chi connectivity index (χ1n) is 5.47. The zero-order valence-electron chi connectivity index (χ0n) is 9.58. The second-order valence-corrected chi connectivity index (χ2v) is 4.95. The van der Waals surface area contributed by atoms with Crippen molar-refractivity contribution in [2.75, 3.05) is 0 Å². The van der Waals surface area contributed by atoms with Crippen LogP contribution in [0.2, 0.25) is 10.0 Å². The summed E-state index contributed by atoms with van der Waals surface area (Å²) in [6, 6.07) is 11.3. The molecule has 0 aliphatic rings. The largest absolute Gasteiger partial charge is 0.355 e. The lowest BCUT2D eigenvalue weighted by Gasteiger charge is -2.01. The number of rotatable bonds is 1. The molecule has 0 aliphatic carbocycles. The van der Waals surface area contributed by atoms with Crippen LogP contribution in [0.4, 0.5) is 0 Å². The Hall–Kier alpha value is -1.51. The van der Waals surface area contributed by atoms with Crippen molar-refractivity contribution in [3.05, 3.63) is 52.0 Å². The second-order valence-electron chi connectivity index (χ2n) is 4.11. The van der Waals surface area contributed by atoms with Crippen LogP contribution < -0.4 is 0 Å². The fourth-order valence-corrected chi connectivity index (χ4v) is 2.47. The van der Waals surface area contributed by atoms with Crippen molar-refractivity contribution < 1.29 is 4.52 Å². The highest BCUT2D eigenvalue weighted by molar-refractivity contribution is 6.36. The van der Waals surface area contributed by atoms with E-state index in [1.807, 2.05) is 31.2 Å². The highest BCUT2D eigenvalue weighted by atomic mass is 35.5. The Kier molecular flexibility index (Phi) is 2.77. The van der Waals surface area contributed by atoms with E-state index in [0.29, 0.717) is 15.8 Å². The molecule has 0 fully saturated rings. The molecule has 0 saturated heterocycles. The molecular formula is C14H9Cl2NO. The standard InChI is InChI=1S/C14H9Cl2NO/c1-8-3-2-4-11-13(8)17-18-14(11)10-6-5-9(15)7-12(10)16/h2-7H,1H3. The maximum absolute atomic E-state index is 6.19. The number of aryl methyl sites for hydroxylation is 1. The van der Waals surface area contributed by atoms with Crippen molar-refractivity contribution in [1.82, 2.24) is 5.16 Å². The molecule has 3 aromatic rings. The predicted molar refractivity (Wildman–Crippen MR) is 74.2 cm³/mol.